The average Bonchev–Trinajstić information content (AvgIpc) is 3.20. The van der Waals surface area contributed by atoms with Gasteiger partial charge in [-0.2, -0.15) is 0 Å². The molecule has 2 aliphatic carbocycles. The molecule has 29 heavy (non-hydrogen) atoms. The third-order valence-electron chi connectivity index (χ3n) is 5.38. The lowest BCUT2D eigenvalue weighted by Crippen LogP contribution is -2.04. The maximum Gasteiger partial charge on any atom is 0.293 e. The number of nitrogens with zero attached hydrogens (tertiary/aromatic N) is 1. The van der Waals surface area contributed by atoms with Gasteiger partial charge >= 0.3 is 0 Å². The lowest BCUT2D eigenvalue weighted by atomic mass is 10.1. The molecule has 2 atom stereocenters. The van der Waals surface area contributed by atoms with Gasteiger partial charge in [-0.1, -0.05) is 18.9 Å². The zero-order valence-electron chi connectivity index (χ0n) is 16.0. The molecule has 4 rings (SSSR count). The van der Waals surface area contributed by atoms with Crippen molar-refractivity contribution in [2.24, 2.45) is 5.92 Å². The van der Waals surface area contributed by atoms with Crippen LogP contribution in [0.2, 0.25) is 0 Å². The van der Waals surface area contributed by atoms with Gasteiger partial charge in [0.2, 0.25) is 0 Å². The lowest BCUT2D eigenvalue weighted by molar-refractivity contribution is -0.130. The SMILES string of the molecule is O=COC1CC1Cc1cc(F)c(OCc2cccc(SC3CCCC3)n2)c(F)c1. The van der Waals surface area contributed by atoms with Crippen LogP contribution in [0.25, 0.3) is 0 Å². The van der Waals surface area contributed by atoms with E-state index in [1.165, 1.54) is 37.8 Å². The van der Waals surface area contributed by atoms with Crippen molar-refractivity contribution in [3.63, 3.8) is 0 Å². The molecule has 2 unspecified atom stereocenters. The summed E-state index contributed by atoms with van der Waals surface area (Å²) in [5.41, 5.74) is 1.17. The van der Waals surface area contributed by atoms with Crippen molar-refractivity contribution in [2.75, 3.05) is 0 Å². The van der Waals surface area contributed by atoms with Crippen molar-refractivity contribution in [2.45, 2.75) is 61.5 Å². The van der Waals surface area contributed by atoms with E-state index in [0.29, 0.717) is 29.4 Å². The number of carbonyl (C=O) groups excluding carboxylic acids is 1. The van der Waals surface area contributed by atoms with Crippen molar-refractivity contribution in [3.05, 3.63) is 53.2 Å². The molecule has 0 bridgehead atoms. The lowest BCUT2D eigenvalue weighted by Gasteiger charge is -2.12. The topological polar surface area (TPSA) is 48.4 Å². The van der Waals surface area contributed by atoms with E-state index in [1.54, 1.807) is 17.8 Å². The maximum absolute atomic E-state index is 14.4. The molecule has 0 spiro atoms. The Morgan fingerprint density at radius 1 is 1.17 bits per heavy atom. The third-order valence-corrected chi connectivity index (χ3v) is 6.65. The van der Waals surface area contributed by atoms with Crippen molar-refractivity contribution >= 4 is 18.2 Å². The van der Waals surface area contributed by atoms with Crippen LogP contribution in [0.5, 0.6) is 5.75 Å². The number of ether oxygens (including phenoxy) is 2. The number of benzene rings is 1. The molecule has 0 aliphatic heterocycles. The molecule has 2 aromatic rings. The molecular weight excluding hydrogens is 396 g/mol. The van der Waals surface area contributed by atoms with Crippen LogP contribution in [0.4, 0.5) is 8.78 Å². The van der Waals surface area contributed by atoms with E-state index in [4.69, 9.17) is 9.47 Å². The molecule has 0 radical (unpaired) electrons. The summed E-state index contributed by atoms with van der Waals surface area (Å²) in [4.78, 5) is 14.9. The predicted octanol–water partition coefficient (Wildman–Crippen LogP) is 5.08. The summed E-state index contributed by atoms with van der Waals surface area (Å²) in [5, 5.41) is 1.52. The smallest absolute Gasteiger partial charge is 0.293 e. The Morgan fingerprint density at radius 3 is 2.66 bits per heavy atom. The Morgan fingerprint density at radius 2 is 1.93 bits per heavy atom. The minimum absolute atomic E-state index is 0.00409. The number of rotatable bonds is 9. The van der Waals surface area contributed by atoms with Crippen LogP contribution >= 0.6 is 11.8 Å². The van der Waals surface area contributed by atoms with Gasteiger partial charge in [0, 0.05) is 11.2 Å². The van der Waals surface area contributed by atoms with Crippen LogP contribution in [0.3, 0.4) is 0 Å². The number of hydrogen-bond acceptors (Lipinski definition) is 5. The summed E-state index contributed by atoms with van der Waals surface area (Å²) in [6.07, 6.45) is 5.99. The van der Waals surface area contributed by atoms with E-state index in [2.05, 4.69) is 4.98 Å². The fourth-order valence-electron chi connectivity index (χ4n) is 3.77. The van der Waals surface area contributed by atoms with Crippen molar-refractivity contribution in [3.8, 4) is 5.75 Å². The zero-order valence-corrected chi connectivity index (χ0v) is 16.8. The van der Waals surface area contributed by atoms with Crippen LogP contribution in [-0.4, -0.2) is 22.8 Å². The van der Waals surface area contributed by atoms with E-state index in [1.807, 2.05) is 12.1 Å². The average molecular weight is 419 g/mol. The molecule has 2 saturated carbocycles. The Hall–Kier alpha value is -2.15. The molecule has 1 aromatic carbocycles. The normalized spacial score (nSPS) is 21.2. The Bertz CT molecular complexity index is 850. The predicted molar refractivity (Wildman–Crippen MR) is 106 cm³/mol. The molecule has 2 aliphatic rings. The van der Waals surface area contributed by atoms with Gasteiger partial charge in [0.1, 0.15) is 12.7 Å². The highest BCUT2D eigenvalue weighted by atomic mass is 32.2. The van der Waals surface area contributed by atoms with Gasteiger partial charge in [-0.25, -0.2) is 13.8 Å². The van der Waals surface area contributed by atoms with Crippen molar-refractivity contribution in [1.82, 2.24) is 4.98 Å². The number of halogens is 2. The highest BCUT2D eigenvalue weighted by molar-refractivity contribution is 7.99. The number of pyridine rings is 1. The highest BCUT2D eigenvalue weighted by Crippen LogP contribution is 2.37. The Balaban J connectivity index is 1.36. The first kappa shape index (κ1) is 20.1. The van der Waals surface area contributed by atoms with Gasteiger partial charge in [-0.15, -0.1) is 11.8 Å². The first-order chi connectivity index (χ1) is 14.1. The fourth-order valence-corrected chi connectivity index (χ4v) is 5.01. The summed E-state index contributed by atoms with van der Waals surface area (Å²) in [5.74, 6) is -1.73. The Labute approximate surface area is 173 Å². The molecule has 1 heterocycles. The van der Waals surface area contributed by atoms with E-state index in [-0.39, 0.29) is 24.4 Å². The van der Waals surface area contributed by atoms with Gasteiger partial charge in [-0.05, 0) is 55.5 Å². The first-order valence-corrected chi connectivity index (χ1v) is 10.8. The second-order valence-electron chi connectivity index (χ2n) is 7.64. The minimum atomic E-state index is -0.731. The first-order valence-electron chi connectivity index (χ1n) is 9.95. The maximum atomic E-state index is 14.4. The van der Waals surface area contributed by atoms with E-state index in [9.17, 15) is 13.6 Å². The molecule has 154 valence electrons. The largest absolute Gasteiger partial charge is 0.481 e. The summed E-state index contributed by atoms with van der Waals surface area (Å²) in [7, 11) is 0. The number of aromatic nitrogens is 1. The number of carbonyl (C=O) groups is 1. The summed E-state index contributed by atoms with van der Waals surface area (Å²) in [6.45, 7) is 0.419. The van der Waals surface area contributed by atoms with E-state index in [0.717, 1.165) is 11.4 Å². The summed E-state index contributed by atoms with van der Waals surface area (Å²) in [6, 6.07) is 8.22. The monoisotopic (exact) mass is 419 g/mol. The van der Waals surface area contributed by atoms with Crippen LogP contribution < -0.4 is 4.74 Å². The van der Waals surface area contributed by atoms with Crippen LogP contribution in [0.15, 0.2) is 35.4 Å². The highest BCUT2D eigenvalue weighted by Gasteiger charge is 2.39. The van der Waals surface area contributed by atoms with Gasteiger partial charge in [0.05, 0.1) is 10.7 Å². The van der Waals surface area contributed by atoms with Crippen LogP contribution in [0, 0.1) is 17.6 Å². The fraction of sp³-hybridized carbons (Fsp3) is 0.455. The second kappa shape index (κ2) is 9.11. The quantitative estimate of drug-likeness (QED) is 0.531. The molecule has 0 N–H and O–H groups in total. The van der Waals surface area contributed by atoms with E-state index >= 15 is 0 Å². The zero-order chi connectivity index (χ0) is 20.2. The molecule has 7 heteroatoms. The van der Waals surface area contributed by atoms with Gasteiger partial charge < -0.3 is 9.47 Å². The van der Waals surface area contributed by atoms with Gasteiger partial charge in [0.25, 0.3) is 6.47 Å². The van der Waals surface area contributed by atoms with Crippen molar-refractivity contribution in [1.29, 1.82) is 0 Å². The molecule has 2 fully saturated rings. The second-order valence-corrected chi connectivity index (χ2v) is 8.96. The molecule has 0 amide bonds. The molecule has 0 saturated heterocycles. The number of hydrogen-bond donors (Lipinski definition) is 0. The van der Waals surface area contributed by atoms with Crippen LogP contribution in [-0.2, 0) is 22.6 Å². The molecule has 1 aromatic heterocycles. The molecular formula is C22H23F2NO3S. The van der Waals surface area contributed by atoms with Gasteiger partial charge in [-0.3, -0.25) is 4.79 Å². The minimum Gasteiger partial charge on any atom is -0.481 e. The standard InChI is InChI=1S/C22H23F2NO3S/c23-18-9-14(8-15-11-20(15)28-13-26)10-19(24)22(18)27-12-16-4-3-7-21(25-16)29-17-5-1-2-6-17/h3-4,7,9-10,13,15,17,20H,1-2,5-6,8,11-12H2. The summed E-state index contributed by atoms with van der Waals surface area (Å²) >= 11 is 1.76. The van der Waals surface area contributed by atoms with Crippen molar-refractivity contribution < 1.29 is 23.0 Å². The summed E-state index contributed by atoms with van der Waals surface area (Å²) < 4.78 is 39.1. The Kier molecular flexibility index (Phi) is 6.33. The molecule has 4 nitrogen and oxygen atoms in total. The number of thioether (sulfide) groups is 1. The van der Waals surface area contributed by atoms with Gasteiger partial charge in [0.15, 0.2) is 17.4 Å². The van der Waals surface area contributed by atoms with E-state index < -0.39 is 11.6 Å². The third kappa shape index (κ3) is 5.26. The van der Waals surface area contributed by atoms with Crippen LogP contribution in [0.1, 0.15) is 43.4 Å².